The van der Waals surface area contributed by atoms with Gasteiger partial charge in [-0.15, -0.1) is 0 Å². The predicted molar refractivity (Wildman–Crippen MR) is 304 cm³/mol. The van der Waals surface area contributed by atoms with Crippen molar-refractivity contribution in [2.75, 3.05) is 26.4 Å². The van der Waals surface area contributed by atoms with E-state index in [0.717, 1.165) is 11.1 Å². The Hall–Kier alpha value is -3.69. The summed E-state index contributed by atoms with van der Waals surface area (Å²) in [5.74, 6) is -3.62. The third kappa shape index (κ3) is 11.9. The number of carboxylic acid groups (broad SMARTS) is 1. The highest BCUT2D eigenvalue weighted by Gasteiger charge is 2.73. The first-order chi connectivity index (χ1) is 41.8. The molecule has 500 valence electrons. The molecule has 29 unspecified atom stereocenters. The van der Waals surface area contributed by atoms with Gasteiger partial charge in [0.05, 0.1) is 37.4 Å². The highest BCUT2D eigenvalue weighted by molar-refractivity contribution is 5.87. The lowest BCUT2D eigenvalue weighted by Crippen LogP contribution is -2.72. The summed E-state index contributed by atoms with van der Waals surface area (Å²) in [4.78, 5) is 39.4. The van der Waals surface area contributed by atoms with Crippen molar-refractivity contribution in [3.63, 3.8) is 0 Å². The maximum absolute atomic E-state index is 13.6. The van der Waals surface area contributed by atoms with Crippen LogP contribution < -0.4 is 0 Å². The maximum atomic E-state index is 13.6. The second-order valence-corrected chi connectivity index (χ2v) is 28.4. The van der Waals surface area contributed by atoms with Crippen LogP contribution in [0.5, 0.6) is 0 Å². The summed E-state index contributed by atoms with van der Waals surface area (Å²) in [6, 6.07) is 9.21. The highest BCUT2D eigenvalue weighted by atomic mass is 16.8. The Labute approximate surface area is 516 Å². The molecule has 4 saturated heterocycles. The van der Waals surface area contributed by atoms with Crippen LogP contribution in [0.25, 0.3) is 6.08 Å². The topological polar surface area (TPSA) is 407 Å². The molecular formula is C63H92O26. The highest BCUT2D eigenvalue weighted by Crippen LogP contribution is 2.76. The molecule has 0 radical (unpaired) electrons. The van der Waals surface area contributed by atoms with Crippen molar-refractivity contribution in [3.8, 4) is 0 Å². The number of rotatable bonds is 15. The van der Waals surface area contributed by atoms with E-state index >= 15 is 0 Å². The molecule has 8 fully saturated rings. The molecule has 4 heterocycles. The minimum atomic E-state index is -2.21. The van der Waals surface area contributed by atoms with Crippen LogP contribution in [0.1, 0.15) is 106 Å². The van der Waals surface area contributed by atoms with Gasteiger partial charge in [0.2, 0.25) is 0 Å². The number of carbonyl (C=O) groups is 3. The van der Waals surface area contributed by atoms with Gasteiger partial charge in [-0.2, -0.15) is 0 Å². The van der Waals surface area contributed by atoms with Gasteiger partial charge in [0.25, 0.3) is 0 Å². The zero-order valence-electron chi connectivity index (χ0n) is 51.5. The average molecular weight is 1270 g/mol. The number of aliphatic hydroxyl groups is 12. The first-order valence-electron chi connectivity index (χ1n) is 31.0. The Kier molecular flexibility index (Phi) is 19.6. The van der Waals surface area contributed by atoms with E-state index in [0.29, 0.717) is 38.5 Å². The number of ether oxygens (including phenoxy) is 10. The molecule has 4 saturated carbocycles. The minimum absolute atomic E-state index is 0.0203. The molecule has 1 aromatic carbocycles. The fraction of sp³-hybridized carbons (Fsp3) is 0.794. The van der Waals surface area contributed by atoms with Gasteiger partial charge in [-0.05, 0) is 96.0 Å². The molecule has 0 aromatic heterocycles. The molecule has 29 atom stereocenters. The summed E-state index contributed by atoms with van der Waals surface area (Å²) in [7, 11) is 0. The lowest BCUT2D eigenvalue weighted by Gasteiger charge is -2.72. The molecule has 0 spiro atoms. The van der Waals surface area contributed by atoms with Crippen molar-refractivity contribution in [1.29, 1.82) is 0 Å². The number of benzene rings is 1. The van der Waals surface area contributed by atoms with E-state index in [9.17, 15) is 80.8 Å². The molecule has 0 bridgehead atoms. The number of aliphatic hydroxyl groups excluding tert-OH is 12. The summed E-state index contributed by atoms with van der Waals surface area (Å²) < 4.78 is 60.6. The smallest absolute Gasteiger partial charge is 0.335 e. The van der Waals surface area contributed by atoms with E-state index < -0.39 is 211 Å². The first kappa shape index (κ1) is 68.2. The summed E-state index contributed by atoms with van der Waals surface area (Å²) in [5, 5.41) is 145. The molecule has 13 N–H and O–H groups in total. The van der Waals surface area contributed by atoms with E-state index in [4.69, 9.17) is 47.4 Å². The number of fused-ring (bicyclic) bond motifs is 7. The lowest BCUT2D eigenvalue weighted by molar-refractivity contribution is -0.399. The number of carbonyl (C=O) groups excluding carboxylic acids is 2. The van der Waals surface area contributed by atoms with Crippen molar-refractivity contribution >= 4 is 24.0 Å². The Morgan fingerprint density at radius 3 is 1.97 bits per heavy atom. The van der Waals surface area contributed by atoms with Crippen LogP contribution in [0.4, 0.5) is 0 Å². The SMILES string of the molecule is CC(=O)OCC12C(O)CC3(C)C(=CCC4C5(C)CCC(OC6OC(C(=O)O)C(O)C(OC7OCC(O)C(O)C7OC7OCC(O)C(O)C7O)C6OC6OC(CO)C(O)C(O)C6O)C(C)(C)C5CCC43C)C1CC(C)(C)C(OC(=O)C=Cc1ccccc1)C2O. The van der Waals surface area contributed by atoms with Crippen molar-refractivity contribution in [1.82, 2.24) is 0 Å². The molecule has 5 aliphatic carbocycles. The number of esters is 2. The second kappa shape index (κ2) is 25.6. The van der Waals surface area contributed by atoms with E-state index in [2.05, 4.69) is 26.8 Å². The molecule has 9 aliphatic rings. The Balaban J connectivity index is 0.948. The summed E-state index contributed by atoms with van der Waals surface area (Å²) in [6.07, 6.45) is -29.8. The molecule has 4 aliphatic heterocycles. The Bertz CT molecular complexity index is 2750. The minimum Gasteiger partial charge on any atom is -0.479 e. The van der Waals surface area contributed by atoms with Crippen LogP contribution in [0.2, 0.25) is 0 Å². The monoisotopic (exact) mass is 1260 g/mol. The summed E-state index contributed by atoms with van der Waals surface area (Å²) >= 11 is 0. The van der Waals surface area contributed by atoms with Crippen molar-refractivity contribution in [2.24, 2.45) is 50.2 Å². The van der Waals surface area contributed by atoms with E-state index in [1.165, 1.54) is 13.0 Å². The van der Waals surface area contributed by atoms with Crippen LogP contribution in [-0.4, -0.2) is 246 Å². The van der Waals surface area contributed by atoms with Crippen LogP contribution in [0.3, 0.4) is 0 Å². The van der Waals surface area contributed by atoms with Gasteiger partial charge in [-0.25, -0.2) is 9.59 Å². The molecule has 0 amide bonds. The van der Waals surface area contributed by atoms with Crippen LogP contribution in [0.15, 0.2) is 48.1 Å². The number of hydrogen-bond acceptors (Lipinski definition) is 25. The number of carboxylic acids is 1. The van der Waals surface area contributed by atoms with Gasteiger partial charge in [0, 0.05) is 18.4 Å². The molecule has 26 heteroatoms. The van der Waals surface area contributed by atoms with Crippen LogP contribution >= 0.6 is 0 Å². The molecular weight excluding hydrogens is 1170 g/mol. The van der Waals surface area contributed by atoms with Crippen molar-refractivity contribution in [3.05, 3.63) is 53.6 Å². The average Bonchev–Trinajstić information content (AvgIpc) is 0.673. The summed E-state index contributed by atoms with van der Waals surface area (Å²) in [6.45, 7) is 13.6. The predicted octanol–water partition coefficient (Wildman–Crippen LogP) is -0.444. The third-order valence-corrected chi connectivity index (χ3v) is 22.7. The molecule has 26 nitrogen and oxygen atoms in total. The third-order valence-electron chi connectivity index (χ3n) is 22.7. The van der Waals surface area contributed by atoms with Crippen LogP contribution in [-0.2, 0) is 61.8 Å². The van der Waals surface area contributed by atoms with Gasteiger partial charge in [0.1, 0.15) is 98.2 Å². The van der Waals surface area contributed by atoms with E-state index in [1.54, 1.807) is 6.08 Å². The van der Waals surface area contributed by atoms with Crippen molar-refractivity contribution < 1.29 is 128 Å². The first-order valence-corrected chi connectivity index (χ1v) is 31.0. The number of hydrogen-bond donors (Lipinski definition) is 13. The van der Waals surface area contributed by atoms with Crippen LogP contribution in [0, 0.1) is 50.2 Å². The normalized spacial score (nSPS) is 48.6. The molecule has 10 rings (SSSR count). The van der Waals surface area contributed by atoms with Gasteiger partial charge >= 0.3 is 17.9 Å². The van der Waals surface area contributed by atoms with Gasteiger partial charge in [0.15, 0.2) is 31.3 Å². The maximum Gasteiger partial charge on any atom is 0.335 e. The Morgan fingerprint density at radius 1 is 0.663 bits per heavy atom. The fourth-order valence-corrected chi connectivity index (χ4v) is 17.6. The van der Waals surface area contributed by atoms with E-state index in [1.807, 2.05) is 58.0 Å². The van der Waals surface area contributed by atoms with Gasteiger partial charge < -0.3 is 114 Å². The largest absolute Gasteiger partial charge is 0.479 e. The van der Waals surface area contributed by atoms with Gasteiger partial charge in [-0.1, -0.05) is 90.4 Å². The van der Waals surface area contributed by atoms with E-state index in [-0.39, 0.29) is 24.9 Å². The Morgan fingerprint density at radius 2 is 1.30 bits per heavy atom. The standard InChI is InChI=1S/C63H92O26/c1-28(65)82-27-63-31(22-58(2,3)52(51(63)77)85-39(69)17-14-29-12-10-9-11-13-29)30-15-16-36-60(6)20-19-38(59(4,5)35(60)18-21-61(36,7)62(30,8)23-37(63)68)84-57-50(89-55-45(75)43(73)42(72)34(24-64)83-55)47(46(76)48(87-57)53(78)79)86-56-49(41(71)33(67)26-81-56)88-54-44(74)40(70)32(66)25-80-54/h9-15,17,31-38,40-52,54-57,64,66-68,70-77H,16,18-27H2,1-8H3,(H,78,79). The lowest BCUT2D eigenvalue weighted by atomic mass is 9.33. The molecule has 1 aromatic rings. The number of aliphatic carboxylic acids is 1. The quantitative estimate of drug-likeness (QED) is 0.0458. The second-order valence-electron chi connectivity index (χ2n) is 28.4. The van der Waals surface area contributed by atoms with Gasteiger partial charge in [-0.3, -0.25) is 4.79 Å². The summed E-state index contributed by atoms with van der Waals surface area (Å²) in [5.41, 5.74) is -2.88. The zero-order valence-corrected chi connectivity index (χ0v) is 51.5. The fourth-order valence-electron chi connectivity index (χ4n) is 17.6. The zero-order chi connectivity index (χ0) is 64.8. The molecule has 89 heavy (non-hydrogen) atoms. The number of allylic oxidation sites excluding steroid dienone is 2. The van der Waals surface area contributed by atoms with Crippen molar-refractivity contribution in [2.45, 2.75) is 235 Å².